The minimum atomic E-state index is 0.491. The lowest BCUT2D eigenvalue weighted by Gasteiger charge is -2.17. The highest BCUT2D eigenvalue weighted by atomic mass is 14.1. The quantitative estimate of drug-likeness (QED) is 0.478. The third kappa shape index (κ3) is 4.18. The number of hydrogen-bond acceptors (Lipinski definition) is 0. The summed E-state index contributed by atoms with van der Waals surface area (Å²) in [5, 5.41) is 0. The van der Waals surface area contributed by atoms with Crippen LogP contribution in [0, 0.1) is 5.92 Å². The maximum absolute atomic E-state index is 5.99. The molecule has 12 heavy (non-hydrogen) atoms. The van der Waals surface area contributed by atoms with E-state index in [9.17, 15) is 0 Å². The van der Waals surface area contributed by atoms with E-state index in [4.69, 9.17) is 7.85 Å². The van der Waals surface area contributed by atoms with Gasteiger partial charge in [0, 0.05) is 0 Å². The molecular weight excluding hydrogens is 143 g/mol. The Morgan fingerprint density at radius 1 is 0.833 bits per heavy atom. The Labute approximate surface area is 78.5 Å². The predicted octanol–water partition coefficient (Wildman–Crippen LogP) is 3.71. The van der Waals surface area contributed by atoms with Gasteiger partial charge in [-0.25, -0.2) is 0 Å². The van der Waals surface area contributed by atoms with Crippen LogP contribution in [0.5, 0.6) is 0 Å². The summed E-state index contributed by atoms with van der Waals surface area (Å²) in [7, 11) is 5.99. The van der Waals surface area contributed by atoms with E-state index in [0.717, 1.165) is 5.92 Å². The molecule has 1 rings (SSSR count). The maximum atomic E-state index is 5.99. The second-order valence-corrected chi connectivity index (χ2v) is 4.43. The predicted molar refractivity (Wildman–Crippen MR) is 55.6 cm³/mol. The molecule has 1 aliphatic rings. The van der Waals surface area contributed by atoms with E-state index in [1.807, 2.05) is 0 Å². The smallest absolute Gasteiger partial charge is 0.0699 e. The zero-order valence-corrected chi connectivity index (χ0v) is 8.39. The summed E-state index contributed by atoms with van der Waals surface area (Å²) < 4.78 is 0. The van der Waals surface area contributed by atoms with Crippen molar-refractivity contribution in [3.05, 3.63) is 0 Å². The van der Waals surface area contributed by atoms with E-state index >= 15 is 0 Å². The van der Waals surface area contributed by atoms with Crippen molar-refractivity contribution in [2.45, 2.75) is 64.1 Å². The normalized spacial score (nSPS) is 34.4. The van der Waals surface area contributed by atoms with Gasteiger partial charge in [0.15, 0.2) is 0 Å². The molecule has 0 aromatic heterocycles. The van der Waals surface area contributed by atoms with Gasteiger partial charge in [0.2, 0.25) is 0 Å². The molecule has 0 saturated heterocycles. The van der Waals surface area contributed by atoms with Crippen molar-refractivity contribution in [1.82, 2.24) is 0 Å². The van der Waals surface area contributed by atoms with Crippen molar-refractivity contribution in [3.63, 3.8) is 0 Å². The Hall–Kier alpha value is 0.0649. The zero-order chi connectivity index (χ0) is 8.81. The third-order valence-corrected chi connectivity index (χ3v) is 3.05. The van der Waals surface area contributed by atoms with Gasteiger partial charge in [0.1, 0.15) is 0 Å². The Morgan fingerprint density at radius 2 is 1.50 bits per heavy atom. The van der Waals surface area contributed by atoms with Crippen molar-refractivity contribution in [1.29, 1.82) is 0 Å². The Kier molecular flexibility index (Phi) is 4.79. The lowest BCUT2D eigenvalue weighted by molar-refractivity contribution is 0.414. The van der Waals surface area contributed by atoms with Crippen LogP contribution in [0.2, 0.25) is 5.82 Å². The second-order valence-electron chi connectivity index (χ2n) is 4.43. The van der Waals surface area contributed by atoms with Crippen LogP contribution in [0.25, 0.3) is 0 Å². The average Bonchev–Trinajstić information content (AvgIpc) is 2.07. The summed E-state index contributed by atoms with van der Waals surface area (Å²) in [4.78, 5) is 0. The van der Waals surface area contributed by atoms with Crippen LogP contribution < -0.4 is 0 Å². The van der Waals surface area contributed by atoms with Gasteiger partial charge >= 0.3 is 0 Å². The van der Waals surface area contributed by atoms with Gasteiger partial charge in [0.25, 0.3) is 0 Å². The molecule has 0 amide bonds. The molecule has 1 heteroatoms. The molecule has 0 bridgehead atoms. The number of rotatable bonds is 0. The lowest BCUT2D eigenvalue weighted by Crippen LogP contribution is -2.01. The third-order valence-electron chi connectivity index (χ3n) is 3.05. The molecule has 1 saturated carbocycles. The summed E-state index contributed by atoms with van der Waals surface area (Å²) in [6.07, 6.45) is 10.9. The Bertz CT molecular complexity index is 97.6. The van der Waals surface area contributed by atoms with Gasteiger partial charge in [-0.2, -0.15) is 0 Å². The van der Waals surface area contributed by atoms with Crippen LogP contribution in [0.1, 0.15) is 58.3 Å². The first-order chi connectivity index (χ1) is 5.79. The molecule has 2 atom stereocenters. The fraction of sp³-hybridized carbons (Fsp3) is 1.00. The molecule has 0 aliphatic heterocycles. The highest BCUT2D eigenvalue weighted by Crippen LogP contribution is 2.25. The first kappa shape index (κ1) is 10.1. The van der Waals surface area contributed by atoms with Gasteiger partial charge in [0.05, 0.1) is 7.85 Å². The van der Waals surface area contributed by atoms with Crippen molar-refractivity contribution in [2.75, 3.05) is 0 Å². The zero-order valence-electron chi connectivity index (χ0n) is 8.39. The summed E-state index contributed by atoms with van der Waals surface area (Å²) >= 11 is 0. The van der Waals surface area contributed by atoms with Gasteiger partial charge in [-0.05, 0) is 5.92 Å². The molecule has 1 fully saturated rings. The molecule has 0 spiro atoms. The highest BCUT2D eigenvalue weighted by molar-refractivity contribution is 6.11. The van der Waals surface area contributed by atoms with Gasteiger partial charge < -0.3 is 0 Å². The summed E-state index contributed by atoms with van der Waals surface area (Å²) in [5.41, 5.74) is 0. The molecule has 1 aliphatic carbocycles. The summed E-state index contributed by atoms with van der Waals surface area (Å²) in [5.74, 6) is 1.40. The molecule has 0 aromatic rings. The second kappa shape index (κ2) is 5.67. The minimum absolute atomic E-state index is 0.491. The summed E-state index contributed by atoms with van der Waals surface area (Å²) in [6, 6.07) is 0. The number of hydrogen-bond donors (Lipinski definition) is 0. The largest absolute Gasteiger partial charge is 0.0774 e. The van der Waals surface area contributed by atoms with E-state index in [2.05, 4.69) is 6.92 Å². The summed E-state index contributed by atoms with van der Waals surface area (Å²) in [6.45, 7) is 2.37. The van der Waals surface area contributed by atoms with Crippen LogP contribution in [0.15, 0.2) is 0 Å². The molecule has 2 radical (unpaired) electrons. The van der Waals surface area contributed by atoms with Crippen LogP contribution >= 0.6 is 0 Å². The van der Waals surface area contributed by atoms with Gasteiger partial charge in [-0.15, -0.1) is 0 Å². The van der Waals surface area contributed by atoms with Crippen LogP contribution in [0.4, 0.5) is 0 Å². The first-order valence-corrected chi connectivity index (χ1v) is 5.54. The maximum Gasteiger partial charge on any atom is 0.0699 e. The van der Waals surface area contributed by atoms with Crippen molar-refractivity contribution < 1.29 is 0 Å². The molecular formula is C11H21B. The van der Waals surface area contributed by atoms with Crippen LogP contribution in [0.3, 0.4) is 0 Å². The standard InChI is InChI=1S/C11H21B/c1-10-6-4-2-3-5-7-11(12)9-8-10/h10-11H,2-9H2,1H3. The van der Waals surface area contributed by atoms with E-state index in [-0.39, 0.29) is 0 Å². The Morgan fingerprint density at radius 3 is 2.25 bits per heavy atom. The van der Waals surface area contributed by atoms with Gasteiger partial charge in [-0.3, -0.25) is 0 Å². The lowest BCUT2D eigenvalue weighted by atomic mass is 9.77. The van der Waals surface area contributed by atoms with E-state index in [1.165, 1.54) is 51.4 Å². The fourth-order valence-electron chi connectivity index (χ4n) is 2.04. The molecule has 0 N–H and O–H groups in total. The average molecular weight is 164 g/mol. The van der Waals surface area contributed by atoms with Crippen LogP contribution in [-0.2, 0) is 0 Å². The topological polar surface area (TPSA) is 0 Å². The van der Waals surface area contributed by atoms with Crippen molar-refractivity contribution in [3.8, 4) is 0 Å². The minimum Gasteiger partial charge on any atom is -0.0774 e. The molecule has 0 nitrogen and oxygen atoms in total. The van der Waals surface area contributed by atoms with E-state index < -0.39 is 0 Å². The molecule has 0 aromatic carbocycles. The van der Waals surface area contributed by atoms with Crippen molar-refractivity contribution in [2.24, 2.45) is 5.92 Å². The molecule has 68 valence electrons. The molecule has 0 heterocycles. The fourth-order valence-corrected chi connectivity index (χ4v) is 2.04. The monoisotopic (exact) mass is 164 g/mol. The molecule has 2 unspecified atom stereocenters. The van der Waals surface area contributed by atoms with Gasteiger partial charge in [-0.1, -0.05) is 64.1 Å². The van der Waals surface area contributed by atoms with Crippen LogP contribution in [-0.4, -0.2) is 7.85 Å². The van der Waals surface area contributed by atoms with Crippen molar-refractivity contribution >= 4 is 7.85 Å². The van der Waals surface area contributed by atoms with E-state index in [0.29, 0.717) is 5.82 Å². The highest BCUT2D eigenvalue weighted by Gasteiger charge is 2.08. The SMILES string of the molecule is [B]C1CCCCCCC(C)CC1. The Balaban J connectivity index is 2.23. The first-order valence-electron chi connectivity index (χ1n) is 5.54. The van der Waals surface area contributed by atoms with E-state index in [1.54, 1.807) is 0 Å².